The van der Waals surface area contributed by atoms with Gasteiger partial charge in [-0.25, -0.2) is 0 Å². The van der Waals surface area contributed by atoms with Crippen LogP contribution in [-0.4, -0.2) is 18.6 Å². The zero-order chi connectivity index (χ0) is 11.5. The molecular formula is C12H25NO2. The second-order valence-corrected chi connectivity index (χ2v) is 4.08. The highest BCUT2D eigenvalue weighted by molar-refractivity contribution is 5.74. The Hall–Kier alpha value is -0.570. The third-order valence-electron chi connectivity index (χ3n) is 2.36. The van der Waals surface area contributed by atoms with E-state index in [0.717, 1.165) is 12.8 Å². The first-order valence-corrected chi connectivity index (χ1v) is 6.10. The van der Waals surface area contributed by atoms with Crippen molar-refractivity contribution in [3.05, 3.63) is 0 Å². The van der Waals surface area contributed by atoms with Crippen LogP contribution in [0.15, 0.2) is 0 Å². The Morgan fingerprint density at radius 1 is 1.13 bits per heavy atom. The van der Waals surface area contributed by atoms with Crippen LogP contribution >= 0.6 is 0 Å². The molecule has 1 atom stereocenters. The molecule has 0 amide bonds. The Bertz CT molecular complexity index is 158. The maximum absolute atomic E-state index is 11.0. The quantitative estimate of drug-likeness (QED) is 0.475. The lowest BCUT2D eigenvalue weighted by Gasteiger charge is -2.06. The van der Waals surface area contributed by atoms with Crippen LogP contribution in [0.3, 0.4) is 0 Å². The molecule has 0 unspecified atom stereocenters. The molecular weight excluding hydrogens is 190 g/mol. The minimum atomic E-state index is -0.491. The molecule has 2 N–H and O–H groups in total. The van der Waals surface area contributed by atoms with E-state index in [4.69, 9.17) is 10.5 Å². The van der Waals surface area contributed by atoms with Gasteiger partial charge in [0.2, 0.25) is 0 Å². The molecule has 15 heavy (non-hydrogen) atoms. The minimum absolute atomic E-state index is 0.291. The number of ether oxygens (including phenoxy) is 1. The lowest BCUT2D eigenvalue weighted by molar-refractivity contribution is -0.144. The molecule has 0 radical (unpaired) electrons. The highest BCUT2D eigenvalue weighted by Gasteiger charge is 2.07. The average Bonchev–Trinajstić information content (AvgIpc) is 2.21. The molecule has 0 aliphatic rings. The number of rotatable bonds is 9. The fourth-order valence-electron chi connectivity index (χ4n) is 1.36. The van der Waals surface area contributed by atoms with E-state index < -0.39 is 6.04 Å². The standard InChI is InChI=1S/C12H25NO2/c1-3-4-5-6-7-8-9-10-15-12(14)11(2)13/h11H,3-10,13H2,1-2H3/t11-/m1/s1. The predicted molar refractivity (Wildman–Crippen MR) is 62.6 cm³/mol. The second kappa shape index (κ2) is 9.97. The van der Waals surface area contributed by atoms with Gasteiger partial charge < -0.3 is 10.5 Å². The monoisotopic (exact) mass is 215 g/mol. The summed E-state index contributed by atoms with van der Waals surface area (Å²) in [6.45, 7) is 4.38. The van der Waals surface area contributed by atoms with E-state index in [1.165, 1.54) is 32.1 Å². The summed E-state index contributed by atoms with van der Waals surface area (Å²) in [5.41, 5.74) is 5.36. The number of esters is 1. The summed E-state index contributed by atoms with van der Waals surface area (Å²) in [6, 6.07) is -0.491. The zero-order valence-electron chi connectivity index (χ0n) is 10.1. The van der Waals surface area contributed by atoms with Gasteiger partial charge in [-0.15, -0.1) is 0 Å². The molecule has 0 aliphatic heterocycles. The summed E-state index contributed by atoms with van der Waals surface area (Å²) in [4.78, 5) is 11.0. The minimum Gasteiger partial charge on any atom is -0.465 e. The van der Waals surface area contributed by atoms with Gasteiger partial charge in [-0.05, 0) is 13.3 Å². The van der Waals surface area contributed by atoms with Crippen molar-refractivity contribution in [1.29, 1.82) is 0 Å². The Morgan fingerprint density at radius 3 is 2.20 bits per heavy atom. The van der Waals surface area contributed by atoms with Crippen LogP contribution in [0.2, 0.25) is 0 Å². The van der Waals surface area contributed by atoms with Crippen LogP contribution in [0.4, 0.5) is 0 Å². The lowest BCUT2D eigenvalue weighted by atomic mass is 10.1. The van der Waals surface area contributed by atoms with Crippen molar-refractivity contribution < 1.29 is 9.53 Å². The Morgan fingerprint density at radius 2 is 1.67 bits per heavy atom. The van der Waals surface area contributed by atoms with Crippen LogP contribution in [0.25, 0.3) is 0 Å². The van der Waals surface area contributed by atoms with Gasteiger partial charge in [0.25, 0.3) is 0 Å². The van der Waals surface area contributed by atoms with Crippen LogP contribution < -0.4 is 5.73 Å². The van der Waals surface area contributed by atoms with Gasteiger partial charge >= 0.3 is 5.97 Å². The zero-order valence-corrected chi connectivity index (χ0v) is 10.1. The van der Waals surface area contributed by atoms with Crippen molar-refractivity contribution in [2.45, 2.75) is 64.8 Å². The van der Waals surface area contributed by atoms with Gasteiger partial charge in [0.1, 0.15) is 6.04 Å². The normalized spacial score (nSPS) is 12.5. The summed E-state index contributed by atoms with van der Waals surface area (Å²) in [6.07, 6.45) is 8.60. The van der Waals surface area contributed by atoms with Crippen LogP contribution in [0, 0.1) is 0 Å². The molecule has 0 aromatic heterocycles. The fraction of sp³-hybridized carbons (Fsp3) is 0.917. The van der Waals surface area contributed by atoms with Crippen molar-refractivity contribution in [2.75, 3.05) is 6.61 Å². The molecule has 3 nitrogen and oxygen atoms in total. The van der Waals surface area contributed by atoms with E-state index in [1.807, 2.05) is 0 Å². The summed E-state index contributed by atoms with van der Waals surface area (Å²) in [5, 5.41) is 0. The number of carbonyl (C=O) groups is 1. The third kappa shape index (κ3) is 9.73. The van der Waals surface area contributed by atoms with E-state index in [1.54, 1.807) is 6.92 Å². The number of nitrogens with two attached hydrogens (primary N) is 1. The summed E-state index contributed by atoms with van der Waals surface area (Å²) in [7, 11) is 0. The largest absolute Gasteiger partial charge is 0.465 e. The van der Waals surface area contributed by atoms with Crippen molar-refractivity contribution >= 4 is 5.97 Å². The summed E-state index contributed by atoms with van der Waals surface area (Å²) in [5.74, 6) is -0.291. The Balaban J connectivity index is 3.08. The fourth-order valence-corrected chi connectivity index (χ4v) is 1.36. The van der Waals surface area contributed by atoms with Crippen LogP contribution in [0.1, 0.15) is 58.8 Å². The van der Waals surface area contributed by atoms with Crippen molar-refractivity contribution in [1.82, 2.24) is 0 Å². The van der Waals surface area contributed by atoms with E-state index >= 15 is 0 Å². The Labute approximate surface area is 93.4 Å². The topological polar surface area (TPSA) is 52.3 Å². The maximum atomic E-state index is 11.0. The first-order chi connectivity index (χ1) is 7.18. The molecule has 0 heterocycles. The van der Waals surface area contributed by atoms with Gasteiger partial charge in [-0.1, -0.05) is 45.4 Å². The molecule has 0 saturated heterocycles. The molecule has 90 valence electrons. The maximum Gasteiger partial charge on any atom is 0.322 e. The van der Waals surface area contributed by atoms with Crippen LogP contribution in [-0.2, 0) is 9.53 Å². The molecule has 3 heteroatoms. The molecule has 0 saturated carbocycles. The van der Waals surface area contributed by atoms with E-state index in [9.17, 15) is 4.79 Å². The van der Waals surface area contributed by atoms with E-state index in [0.29, 0.717) is 6.61 Å². The third-order valence-corrected chi connectivity index (χ3v) is 2.36. The number of carbonyl (C=O) groups excluding carboxylic acids is 1. The lowest BCUT2D eigenvalue weighted by Crippen LogP contribution is -2.28. The molecule has 0 aromatic rings. The van der Waals surface area contributed by atoms with Gasteiger partial charge in [0, 0.05) is 0 Å². The molecule has 0 rings (SSSR count). The van der Waals surface area contributed by atoms with E-state index in [-0.39, 0.29) is 5.97 Å². The van der Waals surface area contributed by atoms with Crippen LogP contribution in [0.5, 0.6) is 0 Å². The van der Waals surface area contributed by atoms with Gasteiger partial charge in [-0.2, -0.15) is 0 Å². The second-order valence-electron chi connectivity index (χ2n) is 4.08. The van der Waals surface area contributed by atoms with E-state index in [2.05, 4.69) is 6.92 Å². The number of hydrogen-bond acceptors (Lipinski definition) is 3. The molecule has 0 aromatic carbocycles. The van der Waals surface area contributed by atoms with Gasteiger partial charge in [-0.3, -0.25) is 4.79 Å². The van der Waals surface area contributed by atoms with Crippen molar-refractivity contribution in [2.24, 2.45) is 5.73 Å². The average molecular weight is 215 g/mol. The number of unbranched alkanes of at least 4 members (excludes halogenated alkanes) is 6. The van der Waals surface area contributed by atoms with Crippen molar-refractivity contribution in [3.8, 4) is 0 Å². The van der Waals surface area contributed by atoms with Crippen molar-refractivity contribution in [3.63, 3.8) is 0 Å². The SMILES string of the molecule is CCCCCCCCCOC(=O)[C@@H](C)N. The molecule has 0 fully saturated rings. The Kier molecular flexibility index (Phi) is 9.59. The smallest absolute Gasteiger partial charge is 0.322 e. The first kappa shape index (κ1) is 14.4. The van der Waals surface area contributed by atoms with Gasteiger partial charge in [0.15, 0.2) is 0 Å². The van der Waals surface area contributed by atoms with Gasteiger partial charge in [0.05, 0.1) is 6.61 Å². The number of hydrogen-bond donors (Lipinski definition) is 1. The molecule has 0 aliphatic carbocycles. The summed E-state index contributed by atoms with van der Waals surface area (Å²) < 4.78 is 4.97. The molecule has 0 bridgehead atoms. The highest BCUT2D eigenvalue weighted by atomic mass is 16.5. The molecule has 0 spiro atoms. The highest BCUT2D eigenvalue weighted by Crippen LogP contribution is 2.06. The summed E-state index contributed by atoms with van der Waals surface area (Å²) >= 11 is 0. The predicted octanol–water partition coefficient (Wildman–Crippen LogP) is 2.63. The first-order valence-electron chi connectivity index (χ1n) is 6.10.